The van der Waals surface area contributed by atoms with Crippen LogP contribution in [0.3, 0.4) is 0 Å². The van der Waals surface area contributed by atoms with Crippen molar-refractivity contribution in [2.45, 2.75) is 33.0 Å². The monoisotopic (exact) mass is 237 g/mol. The first-order valence-corrected chi connectivity index (χ1v) is 5.83. The van der Waals surface area contributed by atoms with Crippen LogP contribution in [0.2, 0.25) is 0 Å². The average molecular weight is 237 g/mol. The van der Waals surface area contributed by atoms with Gasteiger partial charge in [-0.3, -0.25) is 10.1 Å². The van der Waals surface area contributed by atoms with Crippen LogP contribution in [-0.2, 0) is 4.74 Å². The highest BCUT2D eigenvalue weighted by Crippen LogP contribution is 2.21. The summed E-state index contributed by atoms with van der Waals surface area (Å²) in [6.07, 6.45) is -0.469. The van der Waals surface area contributed by atoms with Gasteiger partial charge in [-0.15, -0.1) is 0 Å². The number of nitro groups is 1. The van der Waals surface area contributed by atoms with Gasteiger partial charge in [-0.05, 0) is 18.4 Å². The Kier molecular flexibility index (Phi) is 5.10. The van der Waals surface area contributed by atoms with Crippen LogP contribution < -0.4 is 0 Å². The van der Waals surface area contributed by atoms with Gasteiger partial charge in [-0.25, -0.2) is 0 Å². The van der Waals surface area contributed by atoms with Gasteiger partial charge in [0.25, 0.3) is 0 Å². The first-order chi connectivity index (χ1) is 8.00. The molecule has 0 spiro atoms. The minimum atomic E-state index is -0.347. The van der Waals surface area contributed by atoms with Gasteiger partial charge in [0.05, 0.1) is 6.10 Å². The average Bonchev–Trinajstić information content (AvgIpc) is 2.28. The van der Waals surface area contributed by atoms with Crippen LogP contribution in [0.1, 0.15) is 32.4 Å². The Bertz CT molecular complexity index is 351. The van der Waals surface area contributed by atoms with Crippen molar-refractivity contribution in [2.24, 2.45) is 5.92 Å². The third-order valence-corrected chi connectivity index (χ3v) is 2.72. The van der Waals surface area contributed by atoms with Gasteiger partial charge < -0.3 is 4.74 Å². The lowest BCUT2D eigenvalue weighted by molar-refractivity contribution is -0.494. The zero-order valence-corrected chi connectivity index (χ0v) is 10.5. The molecule has 0 saturated heterocycles. The number of hydrogen-bond donors (Lipinski definition) is 0. The topological polar surface area (TPSA) is 52.4 Å². The number of nitrogens with zero attached hydrogens (tertiary/aromatic N) is 1. The molecule has 17 heavy (non-hydrogen) atoms. The van der Waals surface area contributed by atoms with Crippen LogP contribution in [0.5, 0.6) is 0 Å². The highest BCUT2D eigenvalue weighted by atomic mass is 16.6. The first-order valence-electron chi connectivity index (χ1n) is 5.83. The fourth-order valence-electron chi connectivity index (χ4n) is 1.62. The van der Waals surface area contributed by atoms with E-state index < -0.39 is 0 Å². The van der Waals surface area contributed by atoms with Gasteiger partial charge in [-0.1, -0.05) is 44.2 Å². The van der Waals surface area contributed by atoms with Gasteiger partial charge in [-0.2, -0.15) is 0 Å². The minimum Gasteiger partial charge on any atom is -0.363 e. The first kappa shape index (κ1) is 13.6. The summed E-state index contributed by atoms with van der Waals surface area (Å²) in [5.74, 6) is 0.131. The van der Waals surface area contributed by atoms with E-state index in [1.165, 1.54) is 0 Å². The van der Waals surface area contributed by atoms with Crippen LogP contribution in [0.25, 0.3) is 0 Å². The van der Waals surface area contributed by atoms with E-state index in [9.17, 15) is 10.1 Å². The second kappa shape index (κ2) is 6.35. The zero-order valence-electron chi connectivity index (χ0n) is 10.5. The van der Waals surface area contributed by atoms with Crippen molar-refractivity contribution < 1.29 is 9.66 Å². The lowest BCUT2D eigenvalue weighted by Crippen LogP contribution is -2.29. The third kappa shape index (κ3) is 4.53. The molecule has 1 aromatic carbocycles. The highest BCUT2D eigenvalue weighted by molar-refractivity contribution is 5.16. The number of benzene rings is 1. The highest BCUT2D eigenvalue weighted by Gasteiger charge is 2.23. The summed E-state index contributed by atoms with van der Waals surface area (Å²) in [6.45, 7) is 5.65. The molecule has 0 aliphatic heterocycles. The van der Waals surface area contributed by atoms with Gasteiger partial charge in [0.2, 0.25) is 6.54 Å². The molecule has 2 atom stereocenters. The molecule has 0 saturated carbocycles. The minimum absolute atomic E-state index is 0.122. The van der Waals surface area contributed by atoms with Crippen molar-refractivity contribution in [1.29, 1.82) is 0 Å². The van der Waals surface area contributed by atoms with Crippen LogP contribution in [0.4, 0.5) is 0 Å². The van der Waals surface area contributed by atoms with E-state index in [4.69, 9.17) is 4.74 Å². The third-order valence-electron chi connectivity index (χ3n) is 2.72. The molecule has 0 heterocycles. The Labute approximate surface area is 102 Å². The summed E-state index contributed by atoms with van der Waals surface area (Å²) < 4.78 is 5.77. The van der Waals surface area contributed by atoms with Gasteiger partial charge in [0.15, 0.2) is 0 Å². The van der Waals surface area contributed by atoms with Crippen molar-refractivity contribution in [2.75, 3.05) is 6.54 Å². The summed E-state index contributed by atoms with van der Waals surface area (Å²) in [6, 6.07) is 9.75. The molecule has 0 aliphatic rings. The SMILES string of the molecule is CC(OC(C[N+](=O)[O-])C(C)C)c1ccccc1. The molecule has 94 valence electrons. The van der Waals surface area contributed by atoms with E-state index in [2.05, 4.69) is 0 Å². The van der Waals surface area contributed by atoms with E-state index in [0.717, 1.165) is 5.56 Å². The summed E-state index contributed by atoms with van der Waals surface area (Å²) >= 11 is 0. The largest absolute Gasteiger partial charge is 0.363 e. The number of hydrogen-bond acceptors (Lipinski definition) is 3. The fourth-order valence-corrected chi connectivity index (χ4v) is 1.62. The van der Waals surface area contributed by atoms with Crippen molar-refractivity contribution >= 4 is 0 Å². The maximum Gasteiger partial charge on any atom is 0.229 e. The summed E-state index contributed by atoms with van der Waals surface area (Å²) in [5, 5.41) is 10.6. The lowest BCUT2D eigenvalue weighted by Gasteiger charge is -2.22. The van der Waals surface area contributed by atoms with E-state index in [1.54, 1.807) is 0 Å². The summed E-state index contributed by atoms with van der Waals surface area (Å²) in [4.78, 5) is 10.2. The molecular formula is C13H19NO3. The lowest BCUT2D eigenvalue weighted by atomic mass is 10.1. The van der Waals surface area contributed by atoms with E-state index >= 15 is 0 Å². The zero-order chi connectivity index (χ0) is 12.8. The molecule has 4 nitrogen and oxygen atoms in total. The molecule has 0 aliphatic carbocycles. The van der Waals surface area contributed by atoms with Crippen molar-refractivity contribution in [3.63, 3.8) is 0 Å². The molecule has 1 aromatic rings. The Morgan fingerprint density at radius 3 is 2.29 bits per heavy atom. The normalized spacial score (nSPS) is 14.6. The molecule has 0 bridgehead atoms. The van der Waals surface area contributed by atoms with Crippen LogP contribution in [0, 0.1) is 16.0 Å². The number of ether oxygens (including phenoxy) is 1. The predicted molar refractivity (Wildman–Crippen MR) is 66.4 cm³/mol. The molecule has 0 aromatic heterocycles. The van der Waals surface area contributed by atoms with Crippen molar-refractivity contribution in [3.05, 3.63) is 46.0 Å². The molecule has 0 radical (unpaired) electrons. The Morgan fingerprint density at radius 2 is 1.82 bits per heavy atom. The predicted octanol–water partition coefficient (Wildman–Crippen LogP) is 3.07. The van der Waals surface area contributed by atoms with Crippen LogP contribution >= 0.6 is 0 Å². The summed E-state index contributed by atoms with van der Waals surface area (Å²) in [5.41, 5.74) is 1.04. The molecule has 0 N–H and O–H groups in total. The van der Waals surface area contributed by atoms with E-state index in [0.29, 0.717) is 0 Å². The smallest absolute Gasteiger partial charge is 0.229 e. The van der Waals surface area contributed by atoms with E-state index in [1.807, 2.05) is 51.1 Å². The fraction of sp³-hybridized carbons (Fsp3) is 0.538. The van der Waals surface area contributed by atoms with Gasteiger partial charge >= 0.3 is 0 Å². The second-order valence-electron chi connectivity index (χ2n) is 4.49. The Balaban J connectivity index is 2.64. The van der Waals surface area contributed by atoms with Gasteiger partial charge in [0.1, 0.15) is 6.10 Å². The Morgan fingerprint density at radius 1 is 1.24 bits per heavy atom. The molecular weight excluding hydrogens is 218 g/mol. The maximum absolute atomic E-state index is 10.6. The molecule has 4 heteroatoms. The maximum atomic E-state index is 10.6. The van der Waals surface area contributed by atoms with Crippen LogP contribution in [0.15, 0.2) is 30.3 Å². The van der Waals surface area contributed by atoms with Gasteiger partial charge in [0, 0.05) is 4.92 Å². The molecule has 1 rings (SSSR count). The number of rotatable bonds is 6. The standard InChI is InChI=1S/C13H19NO3/c1-10(2)13(9-14(15)16)17-11(3)12-7-5-4-6-8-12/h4-8,10-11,13H,9H2,1-3H3. The quantitative estimate of drug-likeness (QED) is 0.564. The summed E-state index contributed by atoms with van der Waals surface area (Å²) in [7, 11) is 0. The second-order valence-corrected chi connectivity index (χ2v) is 4.49. The van der Waals surface area contributed by atoms with E-state index in [-0.39, 0.29) is 29.6 Å². The molecule has 0 amide bonds. The Hall–Kier alpha value is -1.42. The molecule has 0 fully saturated rings. The molecule has 2 unspecified atom stereocenters. The van der Waals surface area contributed by atoms with Crippen molar-refractivity contribution in [3.8, 4) is 0 Å². The van der Waals surface area contributed by atoms with Crippen molar-refractivity contribution in [1.82, 2.24) is 0 Å². The van der Waals surface area contributed by atoms with Crippen LogP contribution in [-0.4, -0.2) is 17.6 Å².